The van der Waals surface area contributed by atoms with Crippen LogP contribution in [0.3, 0.4) is 0 Å². The molecule has 3 aromatic rings. The highest BCUT2D eigenvalue weighted by Crippen LogP contribution is 2.22. The van der Waals surface area contributed by atoms with Crippen LogP contribution in [-0.4, -0.2) is 194 Å². The van der Waals surface area contributed by atoms with Crippen LogP contribution in [0.2, 0.25) is 0 Å². The van der Waals surface area contributed by atoms with Crippen LogP contribution in [0, 0.1) is 11.8 Å². The zero-order valence-electron chi connectivity index (χ0n) is 52.4. The zero-order chi connectivity index (χ0) is 68.7. The number of phenolic OH excluding ortho intramolecular Hbond substituents is 1. The van der Waals surface area contributed by atoms with E-state index < -0.39 is 181 Å². The number of hydrogen-bond acceptors (Lipinski definition) is 17. The van der Waals surface area contributed by atoms with Crippen molar-refractivity contribution in [2.24, 2.45) is 29.0 Å². The minimum Gasteiger partial charge on any atom is -0.508 e. The van der Waals surface area contributed by atoms with Crippen LogP contribution >= 0.6 is 0 Å². The third-order valence-corrected chi connectivity index (χ3v) is 15.8. The molecule has 4 rings (SSSR count). The van der Waals surface area contributed by atoms with E-state index in [0.717, 1.165) is 10.4 Å². The topological polar surface area (TPSA) is 517 Å². The van der Waals surface area contributed by atoms with Gasteiger partial charge in [-0.05, 0) is 81.2 Å². The molecule has 92 heavy (non-hydrogen) atoms. The molecule has 32 heteroatoms. The number of aromatic hydroxyl groups is 1. The molecule has 504 valence electrons. The number of amides is 13. The number of carbonyl (C=O) groups is 14. The normalized spacial score (nSPS) is 16.7. The molecule has 0 radical (unpaired) electrons. The molecule has 2 heterocycles. The molecule has 0 unspecified atom stereocenters. The monoisotopic (exact) mass is 1290 g/mol. The largest absolute Gasteiger partial charge is 0.508 e. The number of nitrogens with zero attached hydrogens (tertiary/aromatic N) is 1. The highest BCUT2D eigenvalue weighted by Gasteiger charge is 2.41. The maximum Gasteiger partial charge on any atom is 0.326 e. The van der Waals surface area contributed by atoms with Crippen molar-refractivity contribution < 1.29 is 82.4 Å². The number of aliphatic carboxylic acids is 1. The summed E-state index contributed by atoms with van der Waals surface area (Å²) in [5.74, 6) is -14.3. The van der Waals surface area contributed by atoms with Crippen molar-refractivity contribution in [2.75, 3.05) is 19.7 Å². The summed E-state index contributed by atoms with van der Waals surface area (Å²) < 4.78 is 0. The van der Waals surface area contributed by atoms with Gasteiger partial charge in [0.25, 0.3) is 0 Å². The summed E-state index contributed by atoms with van der Waals surface area (Å²) in [6.45, 7) is 9.38. The van der Waals surface area contributed by atoms with E-state index in [1.54, 1.807) is 51.2 Å². The fraction of sp³-hybridized carbons (Fsp3) is 0.533. The van der Waals surface area contributed by atoms with Crippen molar-refractivity contribution in [3.05, 3.63) is 65.9 Å². The van der Waals surface area contributed by atoms with Crippen LogP contribution < -0.4 is 70.4 Å². The number of carbonyl (C=O) groups excluding carboxylic acids is 13. The Balaban J connectivity index is 1.46. The van der Waals surface area contributed by atoms with Gasteiger partial charge in [0, 0.05) is 42.9 Å². The molecule has 1 aromatic heterocycles. The third kappa shape index (κ3) is 22.0. The number of para-hydroxylation sites is 1. The van der Waals surface area contributed by atoms with E-state index in [2.05, 4.69) is 58.2 Å². The van der Waals surface area contributed by atoms with E-state index >= 15 is 0 Å². The number of carboxylic acids is 1. The SMILES string of the molecule is CC[C@H](C)[C@H](NC(=O)CN)C(=O)N[C@H](C(=O)N[C@@H](C)C(=O)N[C@@H](C)C(=O)N[C@@H](Cc1ccc(O)cc1)C(=O)N[C@@H](CCC(N)=O)C(=O)N[C@@H](CC(N)=O)C(=O)N1CCC[C@H]1C(=O)N[C@@H](C)C(=O)N[C@@H](CO)C(=O)N[C@@H](Cc1c[nH]c2ccccc12)C(=O)O)[C@@H](C)CC. The number of fused-ring (bicyclic) bond motifs is 1. The second kappa shape index (κ2) is 35.6. The predicted molar refractivity (Wildman–Crippen MR) is 330 cm³/mol. The van der Waals surface area contributed by atoms with Crippen LogP contribution in [-0.2, 0) is 80.0 Å². The van der Waals surface area contributed by atoms with Gasteiger partial charge in [0.1, 0.15) is 72.2 Å². The van der Waals surface area contributed by atoms with Crippen molar-refractivity contribution in [1.29, 1.82) is 0 Å². The Labute approximate surface area is 530 Å². The van der Waals surface area contributed by atoms with E-state index in [1.165, 1.54) is 45.0 Å². The van der Waals surface area contributed by atoms with Gasteiger partial charge in [0.15, 0.2) is 0 Å². The summed E-state index contributed by atoms with van der Waals surface area (Å²) in [6, 6.07) is -3.46. The molecule has 1 aliphatic rings. The first-order valence-electron chi connectivity index (χ1n) is 30.2. The number of H-pyrrole nitrogens is 1. The van der Waals surface area contributed by atoms with E-state index in [-0.39, 0.29) is 50.4 Å². The molecule has 1 fully saturated rings. The lowest BCUT2D eigenvalue weighted by Gasteiger charge is -2.30. The number of benzene rings is 2. The number of aromatic nitrogens is 1. The van der Waals surface area contributed by atoms with Crippen molar-refractivity contribution >= 4 is 93.7 Å². The van der Waals surface area contributed by atoms with Crippen molar-refractivity contribution in [1.82, 2.24) is 63.1 Å². The van der Waals surface area contributed by atoms with Crippen molar-refractivity contribution in [2.45, 2.75) is 173 Å². The van der Waals surface area contributed by atoms with Crippen LogP contribution in [0.1, 0.15) is 105 Å². The molecule has 13 atom stereocenters. The van der Waals surface area contributed by atoms with Crippen LogP contribution in [0.4, 0.5) is 0 Å². The Morgan fingerprint density at radius 2 is 1.10 bits per heavy atom. The second-order valence-corrected chi connectivity index (χ2v) is 22.8. The van der Waals surface area contributed by atoms with Gasteiger partial charge in [0.05, 0.1) is 19.6 Å². The quantitative estimate of drug-likeness (QED) is 0.0263. The average molecular weight is 1290 g/mol. The molecular formula is C60H87N15O17. The van der Waals surface area contributed by atoms with Gasteiger partial charge in [0.2, 0.25) is 76.8 Å². The summed E-state index contributed by atoms with van der Waals surface area (Å²) in [5, 5.41) is 55.4. The van der Waals surface area contributed by atoms with Gasteiger partial charge >= 0.3 is 5.97 Å². The summed E-state index contributed by atoms with van der Waals surface area (Å²) >= 11 is 0. The number of carboxylic acid groups (broad SMARTS) is 1. The van der Waals surface area contributed by atoms with E-state index in [9.17, 15) is 82.4 Å². The predicted octanol–water partition coefficient (Wildman–Crippen LogP) is -4.17. The number of aliphatic hydroxyl groups is 1. The van der Waals surface area contributed by atoms with Gasteiger partial charge in [-0.3, -0.25) is 62.3 Å². The fourth-order valence-electron chi connectivity index (χ4n) is 9.89. The number of nitrogens with two attached hydrogens (primary N) is 3. The standard InChI is InChI=1S/C60H87N15O17/c1-8-29(3)48(73-47(80)26-61)58(89)74-49(30(4)9-2)57(88)67-31(5)50(81)65-32(6)51(82)69-40(23-34-16-18-36(77)19-17-34)54(85)68-39(20-21-45(62)78)53(84)70-41(25-46(63)79)59(90)75-22-12-15-44(75)56(87)66-33(7)52(83)72-43(28-76)55(86)71-42(60(91)92)24-35-27-64-38-14-11-10-13-37(35)38/h10-11,13-14,16-19,27,29-33,39-44,48-49,64,76-77H,8-9,12,15,20-26,28,61H2,1-7H3,(H2,62,78)(H2,63,79)(H,65,81)(H,66,87)(H,67,88)(H,68,85)(H,69,82)(H,70,84)(H,71,86)(H,72,83)(H,73,80)(H,74,89)(H,91,92)/t29-,30-,31-,32-,33-,39-,40-,41-,42-,43-,44-,48-,49-/m0/s1. The Morgan fingerprint density at radius 1 is 0.587 bits per heavy atom. The Kier molecular flexibility index (Phi) is 28.9. The molecule has 0 aliphatic carbocycles. The number of hydrogen-bond donors (Lipinski definition) is 17. The molecule has 0 spiro atoms. The maximum atomic E-state index is 14.4. The van der Waals surface area contributed by atoms with E-state index in [0.29, 0.717) is 29.4 Å². The van der Waals surface area contributed by atoms with Crippen molar-refractivity contribution in [3.63, 3.8) is 0 Å². The number of aromatic amines is 1. The first-order chi connectivity index (χ1) is 43.4. The van der Waals surface area contributed by atoms with Gasteiger partial charge in [-0.1, -0.05) is 70.9 Å². The first-order valence-corrected chi connectivity index (χ1v) is 30.2. The van der Waals surface area contributed by atoms with Gasteiger partial charge in [-0.2, -0.15) is 0 Å². The molecule has 32 nitrogen and oxygen atoms in total. The lowest BCUT2D eigenvalue weighted by Crippen LogP contribution is -2.61. The zero-order valence-corrected chi connectivity index (χ0v) is 52.4. The number of nitrogens with one attached hydrogen (secondary N) is 11. The van der Waals surface area contributed by atoms with Crippen LogP contribution in [0.15, 0.2) is 54.7 Å². The molecule has 1 saturated heterocycles. The molecule has 0 saturated carbocycles. The van der Waals surface area contributed by atoms with E-state index in [4.69, 9.17) is 17.2 Å². The summed E-state index contributed by atoms with van der Waals surface area (Å²) in [7, 11) is 0. The molecular weight excluding hydrogens is 1200 g/mol. The fourth-order valence-corrected chi connectivity index (χ4v) is 9.89. The van der Waals surface area contributed by atoms with Crippen LogP contribution in [0.25, 0.3) is 10.9 Å². The number of rotatable bonds is 36. The molecule has 2 aromatic carbocycles. The Hall–Kier alpha value is -9.72. The Bertz CT molecular complexity index is 3160. The van der Waals surface area contributed by atoms with Gasteiger partial charge < -0.3 is 95.6 Å². The molecule has 20 N–H and O–H groups in total. The van der Waals surface area contributed by atoms with Crippen molar-refractivity contribution in [3.8, 4) is 5.75 Å². The number of aliphatic hydroxyl groups excluding tert-OH is 1. The smallest absolute Gasteiger partial charge is 0.326 e. The minimum atomic E-state index is -1.81. The molecule has 1 aliphatic heterocycles. The summed E-state index contributed by atoms with van der Waals surface area (Å²) in [4.78, 5) is 191. The third-order valence-electron chi connectivity index (χ3n) is 15.8. The lowest BCUT2D eigenvalue weighted by atomic mass is 9.94. The number of phenols is 1. The highest BCUT2D eigenvalue weighted by molar-refractivity contribution is 6.00. The second-order valence-electron chi connectivity index (χ2n) is 22.8. The first kappa shape index (κ1) is 74.7. The van der Waals surface area contributed by atoms with Crippen LogP contribution in [0.5, 0.6) is 5.75 Å². The minimum absolute atomic E-state index is 0.0141. The van der Waals surface area contributed by atoms with Gasteiger partial charge in [-0.25, -0.2) is 4.79 Å². The molecule has 13 amide bonds. The maximum absolute atomic E-state index is 14.4. The number of primary amides is 2. The Morgan fingerprint density at radius 3 is 1.67 bits per heavy atom. The number of likely N-dealkylation sites (tertiary alicyclic amines) is 1. The average Bonchev–Trinajstić information content (AvgIpc) is 1.68. The highest BCUT2D eigenvalue weighted by atomic mass is 16.4. The lowest BCUT2D eigenvalue weighted by molar-refractivity contribution is -0.143. The van der Waals surface area contributed by atoms with E-state index in [1.807, 2.05) is 6.92 Å². The summed E-state index contributed by atoms with van der Waals surface area (Å²) in [5.41, 5.74) is 18.1. The van der Waals surface area contributed by atoms with Gasteiger partial charge in [-0.15, -0.1) is 0 Å². The summed E-state index contributed by atoms with van der Waals surface area (Å²) in [6.07, 6.45) is 0.352. The molecule has 0 bridgehead atoms.